The summed E-state index contributed by atoms with van der Waals surface area (Å²) in [5.74, 6) is 0. The number of nitrogens with two attached hydrogens (primary N) is 1. The number of aryl methyl sites for hydroxylation is 1. The maximum atomic E-state index is 6.00. The van der Waals surface area contributed by atoms with E-state index in [9.17, 15) is 0 Å². The highest BCUT2D eigenvalue weighted by atomic mass is 35.5. The molecule has 1 aromatic carbocycles. The van der Waals surface area contributed by atoms with Gasteiger partial charge in [-0.25, -0.2) is 0 Å². The first kappa shape index (κ1) is 7.90. The van der Waals surface area contributed by atoms with Crippen LogP contribution in [0.3, 0.4) is 0 Å². The first-order chi connectivity index (χ1) is 5.68. The molecule has 0 atom stereocenters. The molecular formula is C9H8ClNS. The van der Waals surface area contributed by atoms with Gasteiger partial charge in [-0.1, -0.05) is 23.2 Å². The van der Waals surface area contributed by atoms with Crippen molar-refractivity contribution < 1.29 is 0 Å². The highest BCUT2D eigenvalue weighted by molar-refractivity contribution is 7.23. The number of hydrogen-bond acceptors (Lipinski definition) is 2. The van der Waals surface area contributed by atoms with Gasteiger partial charge in [0.25, 0.3) is 0 Å². The Morgan fingerprint density at radius 2 is 2.17 bits per heavy atom. The molecule has 0 saturated heterocycles. The molecule has 0 unspecified atom stereocenters. The summed E-state index contributed by atoms with van der Waals surface area (Å²) in [7, 11) is 0. The van der Waals surface area contributed by atoms with Crippen LogP contribution in [0.1, 0.15) is 5.56 Å². The number of hydrogen-bond donors (Lipinski definition) is 1. The predicted octanol–water partition coefficient (Wildman–Crippen LogP) is 3.45. The Bertz CT molecular complexity index is 433. The zero-order valence-corrected chi connectivity index (χ0v) is 8.17. The van der Waals surface area contributed by atoms with Gasteiger partial charge < -0.3 is 5.73 Å². The van der Waals surface area contributed by atoms with Crippen molar-refractivity contribution >= 4 is 38.0 Å². The molecule has 0 spiro atoms. The number of thiophene rings is 1. The predicted molar refractivity (Wildman–Crippen MR) is 56.0 cm³/mol. The second-order valence-corrected chi connectivity index (χ2v) is 4.24. The van der Waals surface area contributed by atoms with Crippen LogP contribution in [0.25, 0.3) is 10.1 Å². The van der Waals surface area contributed by atoms with Crippen molar-refractivity contribution in [2.75, 3.05) is 5.73 Å². The van der Waals surface area contributed by atoms with Crippen molar-refractivity contribution in [3.63, 3.8) is 0 Å². The molecule has 0 aliphatic heterocycles. The van der Waals surface area contributed by atoms with Crippen molar-refractivity contribution in [2.45, 2.75) is 6.92 Å². The van der Waals surface area contributed by atoms with Gasteiger partial charge in [-0.15, -0.1) is 11.3 Å². The maximum Gasteiger partial charge on any atom is 0.106 e. The van der Waals surface area contributed by atoms with Crippen molar-refractivity contribution in [3.8, 4) is 0 Å². The Morgan fingerprint density at radius 1 is 1.42 bits per heavy atom. The van der Waals surface area contributed by atoms with E-state index in [0.29, 0.717) is 10.0 Å². The van der Waals surface area contributed by atoms with Crippen LogP contribution in [-0.4, -0.2) is 0 Å². The molecule has 0 amide bonds. The molecule has 2 N–H and O–H groups in total. The zero-order valence-electron chi connectivity index (χ0n) is 6.60. The maximum absolute atomic E-state index is 6.00. The number of rotatable bonds is 0. The molecule has 1 aromatic heterocycles. The Labute approximate surface area is 79.8 Å². The molecule has 2 rings (SSSR count). The first-order valence-electron chi connectivity index (χ1n) is 3.62. The SMILES string of the molecule is Cc1ccc2sc(N)c(Cl)c2c1. The minimum absolute atomic E-state index is 0.693. The summed E-state index contributed by atoms with van der Waals surface area (Å²) in [6.07, 6.45) is 0. The highest BCUT2D eigenvalue weighted by Crippen LogP contribution is 2.37. The van der Waals surface area contributed by atoms with E-state index in [1.54, 1.807) is 0 Å². The van der Waals surface area contributed by atoms with Crippen LogP contribution >= 0.6 is 22.9 Å². The molecule has 62 valence electrons. The van der Waals surface area contributed by atoms with Gasteiger partial charge in [-0.3, -0.25) is 0 Å². The lowest BCUT2D eigenvalue weighted by atomic mass is 10.2. The highest BCUT2D eigenvalue weighted by Gasteiger charge is 2.06. The average molecular weight is 198 g/mol. The lowest BCUT2D eigenvalue weighted by Crippen LogP contribution is -1.76. The van der Waals surface area contributed by atoms with E-state index >= 15 is 0 Å². The van der Waals surface area contributed by atoms with Gasteiger partial charge in [0.2, 0.25) is 0 Å². The van der Waals surface area contributed by atoms with Crippen molar-refractivity contribution in [2.24, 2.45) is 0 Å². The van der Waals surface area contributed by atoms with Crippen LogP contribution in [0.5, 0.6) is 0 Å². The summed E-state index contributed by atoms with van der Waals surface area (Å²) in [5.41, 5.74) is 6.90. The smallest absolute Gasteiger partial charge is 0.106 e. The molecule has 0 aliphatic carbocycles. The van der Waals surface area contributed by atoms with Gasteiger partial charge in [0.05, 0.1) is 5.02 Å². The Hall–Kier alpha value is -0.730. The molecule has 12 heavy (non-hydrogen) atoms. The Kier molecular flexibility index (Phi) is 1.74. The molecular weight excluding hydrogens is 190 g/mol. The van der Waals surface area contributed by atoms with Crippen LogP contribution in [-0.2, 0) is 0 Å². The van der Waals surface area contributed by atoms with Crippen molar-refractivity contribution in [1.82, 2.24) is 0 Å². The molecule has 2 aromatic rings. The second-order valence-electron chi connectivity index (χ2n) is 2.78. The fourth-order valence-corrected chi connectivity index (χ4v) is 2.37. The van der Waals surface area contributed by atoms with Gasteiger partial charge in [0, 0.05) is 10.1 Å². The van der Waals surface area contributed by atoms with Gasteiger partial charge in [0.15, 0.2) is 0 Å². The van der Waals surface area contributed by atoms with E-state index < -0.39 is 0 Å². The van der Waals surface area contributed by atoms with Gasteiger partial charge in [-0.05, 0) is 19.1 Å². The van der Waals surface area contributed by atoms with Crippen LogP contribution < -0.4 is 5.73 Å². The van der Waals surface area contributed by atoms with E-state index in [1.807, 2.05) is 6.92 Å². The average Bonchev–Trinajstić information content (AvgIpc) is 2.31. The molecule has 0 saturated carbocycles. The number of benzene rings is 1. The van der Waals surface area contributed by atoms with Crippen LogP contribution in [0, 0.1) is 6.92 Å². The topological polar surface area (TPSA) is 26.0 Å². The van der Waals surface area contributed by atoms with E-state index in [4.69, 9.17) is 17.3 Å². The standard InChI is InChI=1S/C9H8ClNS/c1-5-2-3-7-6(4-5)8(10)9(11)12-7/h2-4H,11H2,1H3. The lowest BCUT2D eigenvalue weighted by molar-refractivity contribution is 1.51. The van der Waals surface area contributed by atoms with Crippen molar-refractivity contribution in [3.05, 3.63) is 28.8 Å². The van der Waals surface area contributed by atoms with Crippen molar-refractivity contribution in [1.29, 1.82) is 0 Å². The number of fused-ring (bicyclic) bond motifs is 1. The molecule has 1 nitrogen and oxygen atoms in total. The quantitative estimate of drug-likeness (QED) is 0.688. The molecule has 0 fully saturated rings. The molecule has 0 aliphatic rings. The minimum Gasteiger partial charge on any atom is -0.389 e. The van der Waals surface area contributed by atoms with E-state index in [0.717, 1.165) is 10.1 Å². The summed E-state index contributed by atoms with van der Waals surface area (Å²) in [5, 5.41) is 2.47. The van der Waals surface area contributed by atoms with Gasteiger partial charge >= 0.3 is 0 Å². The first-order valence-corrected chi connectivity index (χ1v) is 4.82. The molecule has 0 bridgehead atoms. The summed E-state index contributed by atoms with van der Waals surface area (Å²) < 4.78 is 1.16. The van der Waals surface area contributed by atoms with E-state index in [1.165, 1.54) is 16.9 Å². The third-order valence-corrected chi connectivity index (χ3v) is 3.33. The fourth-order valence-electron chi connectivity index (χ4n) is 1.20. The number of nitrogen functional groups attached to an aromatic ring is 1. The molecule has 0 radical (unpaired) electrons. The fraction of sp³-hybridized carbons (Fsp3) is 0.111. The van der Waals surface area contributed by atoms with E-state index in [-0.39, 0.29) is 0 Å². The summed E-state index contributed by atoms with van der Waals surface area (Å²) in [4.78, 5) is 0. The number of halogens is 1. The van der Waals surface area contributed by atoms with Crippen LogP contribution in [0.2, 0.25) is 5.02 Å². The summed E-state index contributed by atoms with van der Waals surface area (Å²) >= 11 is 7.53. The van der Waals surface area contributed by atoms with Crippen LogP contribution in [0.4, 0.5) is 5.00 Å². The summed E-state index contributed by atoms with van der Waals surface area (Å²) in [6, 6.07) is 6.18. The second kappa shape index (κ2) is 2.64. The van der Waals surface area contributed by atoms with E-state index in [2.05, 4.69) is 18.2 Å². The van der Waals surface area contributed by atoms with Gasteiger partial charge in [-0.2, -0.15) is 0 Å². The Balaban J connectivity index is 2.88. The van der Waals surface area contributed by atoms with Crippen LogP contribution in [0.15, 0.2) is 18.2 Å². The largest absolute Gasteiger partial charge is 0.389 e. The molecule has 3 heteroatoms. The monoisotopic (exact) mass is 197 g/mol. The van der Waals surface area contributed by atoms with Gasteiger partial charge in [0.1, 0.15) is 5.00 Å². The zero-order chi connectivity index (χ0) is 8.72. The molecule has 1 heterocycles. The normalized spacial score (nSPS) is 10.8. The third kappa shape index (κ3) is 1.08. The lowest BCUT2D eigenvalue weighted by Gasteiger charge is -1.92. The minimum atomic E-state index is 0.693. The third-order valence-electron chi connectivity index (χ3n) is 1.81. The number of anilines is 1. The Morgan fingerprint density at radius 3 is 2.92 bits per heavy atom. The summed E-state index contributed by atoms with van der Waals surface area (Å²) in [6.45, 7) is 2.05.